The lowest BCUT2D eigenvalue weighted by atomic mass is 9.82. The Morgan fingerprint density at radius 3 is 2.03 bits per heavy atom. The molecule has 0 saturated carbocycles. The van der Waals surface area contributed by atoms with Crippen LogP contribution in [0.5, 0.6) is 0 Å². The highest BCUT2D eigenvalue weighted by Crippen LogP contribution is 2.38. The number of quaternary nitrogens is 1. The SMILES string of the molecule is O=C(C[N+]12CCC(CC1)[C@@H](OC(=O)C(O)(c1ccccc1)c1ccccc1)C2)Nc1ccc(Cl)cc1. The molecule has 0 aromatic heterocycles. The highest BCUT2D eigenvalue weighted by molar-refractivity contribution is 6.30. The number of esters is 1. The Balaban J connectivity index is 1.32. The molecule has 0 aliphatic carbocycles. The molecule has 3 heterocycles. The third-order valence-electron chi connectivity index (χ3n) is 7.59. The van der Waals surface area contributed by atoms with E-state index in [0.29, 0.717) is 39.4 Å². The van der Waals surface area contributed by atoms with Crippen molar-refractivity contribution in [3.63, 3.8) is 0 Å². The highest BCUT2D eigenvalue weighted by Gasteiger charge is 2.51. The molecule has 3 aliphatic heterocycles. The molecule has 6 nitrogen and oxygen atoms in total. The minimum absolute atomic E-state index is 0.0761. The summed E-state index contributed by atoms with van der Waals surface area (Å²) in [6.45, 7) is 2.61. The van der Waals surface area contributed by atoms with Gasteiger partial charge in [-0.15, -0.1) is 0 Å². The Labute approximate surface area is 216 Å². The molecule has 2 N–H and O–H groups in total. The van der Waals surface area contributed by atoms with Crippen LogP contribution in [-0.2, 0) is 19.9 Å². The molecular weight excluding hydrogens is 476 g/mol. The van der Waals surface area contributed by atoms with Gasteiger partial charge in [0.1, 0.15) is 6.54 Å². The van der Waals surface area contributed by atoms with Gasteiger partial charge in [-0.25, -0.2) is 4.79 Å². The molecule has 1 atom stereocenters. The van der Waals surface area contributed by atoms with E-state index in [1.165, 1.54) is 0 Å². The van der Waals surface area contributed by atoms with Crippen LogP contribution in [0.25, 0.3) is 0 Å². The number of carbonyl (C=O) groups is 2. The molecule has 3 aromatic carbocycles. The number of carbonyl (C=O) groups excluding carboxylic acids is 2. The summed E-state index contributed by atoms with van der Waals surface area (Å²) in [7, 11) is 0. The van der Waals surface area contributed by atoms with Gasteiger partial charge in [-0.2, -0.15) is 0 Å². The molecule has 0 unspecified atom stereocenters. The van der Waals surface area contributed by atoms with Gasteiger partial charge >= 0.3 is 5.97 Å². The maximum atomic E-state index is 13.6. The highest BCUT2D eigenvalue weighted by atomic mass is 35.5. The molecule has 0 radical (unpaired) electrons. The molecule has 6 rings (SSSR count). The van der Waals surface area contributed by atoms with Gasteiger partial charge in [-0.05, 0) is 35.4 Å². The molecule has 3 aliphatic rings. The van der Waals surface area contributed by atoms with Crippen LogP contribution in [0.4, 0.5) is 5.69 Å². The van der Waals surface area contributed by atoms with Gasteiger partial charge in [0.2, 0.25) is 5.60 Å². The average Bonchev–Trinajstić information content (AvgIpc) is 2.91. The second-order valence-corrected chi connectivity index (χ2v) is 10.3. The maximum absolute atomic E-state index is 13.6. The number of piperidine rings is 3. The summed E-state index contributed by atoms with van der Waals surface area (Å²) in [5, 5.41) is 15.3. The zero-order chi connectivity index (χ0) is 25.2. The summed E-state index contributed by atoms with van der Waals surface area (Å²) in [6.07, 6.45) is 1.39. The van der Waals surface area contributed by atoms with Gasteiger partial charge in [0.25, 0.3) is 5.91 Å². The van der Waals surface area contributed by atoms with E-state index >= 15 is 0 Å². The minimum Gasteiger partial charge on any atom is -0.453 e. The topological polar surface area (TPSA) is 75.6 Å². The van der Waals surface area contributed by atoms with Crippen LogP contribution in [0.15, 0.2) is 84.9 Å². The fourth-order valence-corrected chi connectivity index (χ4v) is 5.73. The molecule has 36 heavy (non-hydrogen) atoms. The van der Waals surface area contributed by atoms with Gasteiger partial charge in [0.05, 0.1) is 13.1 Å². The summed E-state index contributed by atoms with van der Waals surface area (Å²) >= 11 is 5.95. The summed E-state index contributed by atoms with van der Waals surface area (Å²) in [5.41, 5.74) is -0.276. The molecule has 3 fully saturated rings. The Hall–Kier alpha value is -3.19. The number of fused-ring (bicyclic) bond motifs is 3. The second-order valence-electron chi connectivity index (χ2n) is 9.91. The number of aliphatic hydroxyl groups is 1. The van der Waals surface area contributed by atoms with Crippen molar-refractivity contribution >= 4 is 29.2 Å². The number of halogens is 1. The standard InChI is InChI=1S/C29H29ClN2O4/c30-24-11-13-25(14-12-24)31-27(33)20-32-17-15-21(16-18-32)26(19-32)36-28(34)29(35,22-7-3-1-4-8-22)23-9-5-2-6-10-23/h1-14,21,26,35H,15-20H2/p+1/t21?,26-,32?/m0/s1. The van der Waals surface area contributed by atoms with E-state index in [1.807, 2.05) is 12.1 Å². The number of amides is 1. The smallest absolute Gasteiger partial charge is 0.348 e. The van der Waals surface area contributed by atoms with Crippen molar-refractivity contribution in [1.29, 1.82) is 0 Å². The van der Waals surface area contributed by atoms with Crippen LogP contribution in [0, 0.1) is 5.92 Å². The lowest BCUT2D eigenvalue weighted by Gasteiger charge is -2.51. The van der Waals surface area contributed by atoms with E-state index in [1.54, 1.807) is 72.8 Å². The van der Waals surface area contributed by atoms with Crippen molar-refractivity contribution < 1.29 is 23.9 Å². The number of anilines is 1. The Kier molecular flexibility index (Phi) is 6.84. The Morgan fingerprint density at radius 1 is 0.917 bits per heavy atom. The molecule has 3 aromatic rings. The van der Waals surface area contributed by atoms with Crippen LogP contribution >= 0.6 is 11.6 Å². The van der Waals surface area contributed by atoms with Crippen LogP contribution in [-0.4, -0.2) is 53.7 Å². The van der Waals surface area contributed by atoms with Crippen molar-refractivity contribution in [3.8, 4) is 0 Å². The first-order valence-corrected chi connectivity index (χ1v) is 12.7. The minimum atomic E-state index is -1.91. The molecule has 2 bridgehead atoms. The van der Waals surface area contributed by atoms with E-state index < -0.39 is 11.6 Å². The van der Waals surface area contributed by atoms with Crippen molar-refractivity contribution in [1.82, 2.24) is 0 Å². The lowest BCUT2D eigenvalue weighted by Crippen LogP contribution is -2.66. The first kappa shape index (κ1) is 24.5. The number of benzene rings is 3. The Morgan fingerprint density at radius 2 is 1.47 bits per heavy atom. The van der Waals surface area contributed by atoms with Crippen molar-refractivity contribution in [2.24, 2.45) is 5.92 Å². The van der Waals surface area contributed by atoms with Crippen molar-refractivity contribution in [2.75, 3.05) is 31.5 Å². The quantitative estimate of drug-likeness (QED) is 0.369. The number of hydrogen-bond acceptors (Lipinski definition) is 4. The summed E-state index contributed by atoms with van der Waals surface area (Å²) < 4.78 is 6.66. The fraction of sp³-hybridized carbons (Fsp3) is 0.310. The fourth-order valence-electron chi connectivity index (χ4n) is 5.60. The number of ether oxygens (including phenoxy) is 1. The first-order valence-electron chi connectivity index (χ1n) is 12.3. The summed E-state index contributed by atoms with van der Waals surface area (Å²) in [5.74, 6) is -0.528. The predicted octanol–water partition coefficient (Wildman–Crippen LogP) is 4.37. The van der Waals surface area contributed by atoms with Crippen LogP contribution in [0.2, 0.25) is 5.02 Å². The monoisotopic (exact) mass is 505 g/mol. The van der Waals surface area contributed by atoms with Crippen LogP contribution in [0.1, 0.15) is 24.0 Å². The number of hydrogen-bond donors (Lipinski definition) is 2. The largest absolute Gasteiger partial charge is 0.453 e. The molecule has 3 saturated heterocycles. The normalized spacial score (nSPS) is 23.2. The number of nitrogens with one attached hydrogen (secondary N) is 1. The van der Waals surface area contributed by atoms with Crippen molar-refractivity contribution in [2.45, 2.75) is 24.5 Å². The zero-order valence-electron chi connectivity index (χ0n) is 20.0. The van der Waals surface area contributed by atoms with Gasteiger partial charge < -0.3 is 19.6 Å². The van der Waals surface area contributed by atoms with Crippen LogP contribution in [0.3, 0.4) is 0 Å². The lowest BCUT2D eigenvalue weighted by molar-refractivity contribution is -0.939. The number of nitrogens with zero attached hydrogens (tertiary/aromatic N) is 1. The Bertz CT molecular complexity index is 1170. The predicted molar refractivity (Wildman–Crippen MR) is 138 cm³/mol. The van der Waals surface area contributed by atoms with E-state index in [4.69, 9.17) is 16.3 Å². The van der Waals surface area contributed by atoms with E-state index in [2.05, 4.69) is 5.32 Å². The van der Waals surface area contributed by atoms with Crippen LogP contribution < -0.4 is 5.32 Å². The maximum Gasteiger partial charge on any atom is 0.348 e. The van der Waals surface area contributed by atoms with Gasteiger partial charge in [-0.1, -0.05) is 72.3 Å². The first-order chi connectivity index (χ1) is 17.4. The zero-order valence-corrected chi connectivity index (χ0v) is 20.7. The van der Waals surface area contributed by atoms with Gasteiger partial charge in [0.15, 0.2) is 12.6 Å². The van der Waals surface area contributed by atoms with E-state index in [9.17, 15) is 14.7 Å². The molecule has 7 heteroatoms. The second kappa shape index (κ2) is 10.1. The third-order valence-corrected chi connectivity index (χ3v) is 7.84. The summed E-state index contributed by atoms with van der Waals surface area (Å²) in [4.78, 5) is 26.5. The summed E-state index contributed by atoms with van der Waals surface area (Å²) in [6, 6.07) is 24.9. The van der Waals surface area contributed by atoms with Crippen molar-refractivity contribution in [3.05, 3.63) is 101 Å². The number of rotatable bonds is 7. The average molecular weight is 506 g/mol. The van der Waals surface area contributed by atoms with Gasteiger partial charge in [-0.3, -0.25) is 4.79 Å². The van der Waals surface area contributed by atoms with E-state index in [0.717, 1.165) is 25.9 Å². The molecule has 186 valence electrons. The molecule has 0 spiro atoms. The molecule has 1 amide bonds. The molecular formula is C29H30ClN2O4+. The van der Waals surface area contributed by atoms with E-state index in [-0.39, 0.29) is 17.9 Å². The van der Waals surface area contributed by atoms with Gasteiger partial charge in [0, 0.05) is 29.5 Å². The third kappa shape index (κ3) is 4.89.